The van der Waals surface area contributed by atoms with Gasteiger partial charge in [0, 0.05) is 6.20 Å². The zero-order chi connectivity index (χ0) is 20.1. The maximum Gasteiger partial charge on any atom is 0.342 e. The van der Waals surface area contributed by atoms with Crippen molar-refractivity contribution in [1.82, 2.24) is 10.3 Å². The number of pyridine rings is 1. The molecule has 0 aliphatic heterocycles. The number of carbonyl (C=O) groups excluding carboxylic acids is 2. The van der Waals surface area contributed by atoms with Gasteiger partial charge in [-0.3, -0.25) is 4.79 Å². The van der Waals surface area contributed by atoms with Crippen LogP contribution in [0.2, 0.25) is 0 Å². The quantitative estimate of drug-likeness (QED) is 0.714. The number of hydrogen-bond donors (Lipinski definition) is 2. The van der Waals surface area contributed by atoms with Crippen molar-refractivity contribution in [2.24, 2.45) is 5.92 Å². The van der Waals surface area contributed by atoms with E-state index in [9.17, 15) is 19.2 Å². The molecule has 2 aromatic rings. The summed E-state index contributed by atoms with van der Waals surface area (Å²) in [5.41, 5.74) is -0.749. The number of aromatic nitrogens is 1. The van der Waals surface area contributed by atoms with E-state index in [0.29, 0.717) is 0 Å². The largest absolute Gasteiger partial charge is 0.452 e. The Labute approximate surface area is 161 Å². The Morgan fingerprint density at radius 3 is 2.75 bits per heavy atom. The highest BCUT2D eigenvalue weighted by molar-refractivity contribution is 5.96. The summed E-state index contributed by atoms with van der Waals surface area (Å²) in [5.74, 6) is -1.61. The number of nitrogens with zero attached hydrogens (tertiary/aromatic N) is 2. The first kappa shape index (κ1) is 19.3. The van der Waals surface area contributed by atoms with E-state index in [0.717, 1.165) is 12.8 Å². The summed E-state index contributed by atoms with van der Waals surface area (Å²) >= 11 is 0. The number of carbonyl (C=O) groups is 2. The number of anilines is 2. The van der Waals surface area contributed by atoms with E-state index in [1.54, 1.807) is 19.1 Å². The van der Waals surface area contributed by atoms with Gasteiger partial charge < -0.3 is 15.4 Å². The molecule has 0 unspecified atom stereocenters. The lowest BCUT2D eigenvalue weighted by Crippen LogP contribution is -2.48. The summed E-state index contributed by atoms with van der Waals surface area (Å²) in [6.07, 6.45) is 3.20. The van der Waals surface area contributed by atoms with Gasteiger partial charge in [0.15, 0.2) is 6.61 Å². The molecule has 0 spiro atoms. The lowest BCUT2D eigenvalue weighted by molar-refractivity contribution is -0.125. The minimum atomic E-state index is -0.963. The van der Waals surface area contributed by atoms with Gasteiger partial charge in [0.2, 0.25) is 0 Å². The van der Waals surface area contributed by atoms with E-state index in [-0.39, 0.29) is 23.0 Å². The predicted octanol–water partition coefficient (Wildman–Crippen LogP) is 2.93. The Morgan fingerprint density at radius 2 is 2.07 bits per heavy atom. The topological polar surface area (TPSA) is 104 Å². The normalized spacial score (nSPS) is 15.0. The van der Waals surface area contributed by atoms with E-state index in [1.165, 1.54) is 30.5 Å². The lowest BCUT2D eigenvalue weighted by Gasteiger charge is -2.22. The molecule has 28 heavy (non-hydrogen) atoms. The van der Waals surface area contributed by atoms with Crippen LogP contribution in [0.4, 0.5) is 15.9 Å². The van der Waals surface area contributed by atoms with Crippen LogP contribution < -0.4 is 10.6 Å². The van der Waals surface area contributed by atoms with Crippen molar-refractivity contribution in [3.8, 4) is 6.07 Å². The van der Waals surface area contributed by atoms with Crippen LogP contribution in [0.1, 0.15) is 30.1 Å². The van der Waals surface area contributed by atoms with Crippen molar-refractivity contribution in [1.29, 1.82) is 5.26 Å². The van der Waals surface area contributed by atoms with Crippen molar-refractivity contribution < 1.29 is 18.7 Å². The number of esters is 1. The zero-order valence-corrected chi connectivity index (χ0v) is 15.2. The molecule has 144 valence electrons. The second-order valence-corrected chi connectivity index (χ2v) is 6.72. The third-order valence-electron chi connectivity index (χ3n) is 4.51. The second-order valence-electron chi connectivity index (χ2n) is 6.72. The third-order valence-corrected chi connectivity index (χ3v) is 4.51. The fourth-order valence-electron chi connectivity index (χ4n) is 2.78. The fourth-order valence-corrected chi connectivity index (χ4v) is 2.78. The molecule has 1 atom stereocenters. The molecule has 1 fully saturated rings. The number of ether oxygens (including phenoxy) is 1. The molecule has 0 bridgehead atoms. The average Bonchev–Trinajstić information content (AvgIpc) is 3.54. The van der Waals surface area contributed by atoms with Gasteiger partial charge in [0.05, 0.1) is 11.8 Å². The highest BCUT2D eigenvalue weighted by Gasteiger charge is 2.43. The Bertz CT molecular complexity index is 939. The van der Waals surface area contributed by atoms with Crippen molar-refractivity contribution in [2.75, 3.05) is 11.9 Å². The summed E-state index contributed by atoms with van der Waals surface area (Å²) in [4.78, 5) is 28.5. The monoisotopic (exact) mass is 382 g/mol. The smallest absolute Gasteiger partial charge is 0.342 e. The molecular formula is C20H19FN4O3. The van der Waals surface area contributed by atoms with E-state index in [2.05, 4.69) is 21.7 Å². The maximum atomic E-state index is 13.8. The van der Waals surface area contributed by atoms with Crippen LogP contribution in [0.25, 0.3) is 0 Å². The number of amides is 1. The van der Waals surface area contributed by atoms with Crippen LogP contribution in [0.5, 0.6) is 0 Å². The SMILES string of the molecule is C[C@](C#N)(NC(=O)COC(=O)c1cccnc1Nc1ccccc1F)C1CC1. The summed E-state index contributed by atoms with van der Waals surface area (Å²) in [6, 6.07) is 11.1. The van der Waals surface area contributed by atoms with Crippen LogP contribution >= 0.6 is 0 Å². The molecule has 1 aliphatic carbocycles. The van der Waals surface area contributed by atoms with E-state index in [4.69, 9.17) is 4.74 Å². The Balaban J connectivity index is 1.64. The van der Waals surface area contributed by atoms with Crippen molar-refractivity contribution in [3.05, 3.63) is 54.0 Å². The molecular weight excluding hydrogens is 363 g/mol. The number of halogens is 1. The average molecular weight is 382 g/mol. The second kappa shape index (κ2) is 8.05. The summed E-state index contributed by atoms with van der Waals surface area (Å²) in [6.45, 7) is 1.12. The van der Waals surface area contributed by atoms with Gasteiger partial charge in [-0.15, -0.1) is 0 Å². The molecule has 1 saturated carbocycles. The lowest BCUT2D eigenvalue weighted by atomic mass is 9.98. The molecule has 0 radical (unpaired) electrons. The minimum absolute atomic E-state index is 0.0591. The maximum absolute atomic E-state index is 13.8. The number of benzene rings is 1. The van der Waals surface area contributed by atoms with E-state index in [1.807, 2.05) is 0 Å². The number of hydrogen-bond acceptors (Lipinski definition) is 6. The molecule has 0 saturated heterocycles. The van der Waals surface area contributed by atoms with Crippen molar-refractivity contribution in [3.63, 3.8) is 0 Å². The summed E-state index contributed by atoms with van der Waals surface area (Å²) in [5, 5.41) is 14.6. The Hall–Kier alpha value is -3.47. The Kier molecular flexibility index (Phi) is 5.54. The first-order chi connectivity index (χ1) is 13.4. The van der Waals surface area contributed by atoms with Gasteiger partial charge in [-0.05, 0) is 49.9 Å². The molecule has 7 nitrogen and oxygen atoms in total. The van der Waals surface area contributed by atoms with E-state index < -0.39 is 29.8 Å². The molecule has 1 amide bonds. The zero-order valence-electron chi connectivity index (χ0n) is 15.2. The molecule has 1 heterocycles. The molecule has 1 aromatic carbocycles. The van der Waals surface area contributed by atoms with Gasteiger partial charge in [0.1, 0.15) is 22.7 Å². The third kappa shape index (κ3) is 4.43. The standard InChI is InChI=1S/C20H19FN4O3/c1-20(12-22,13-8-9-13)25-17(26)11-28-19(27)14-5-4-10-23-18(14)24-16-7-3-2-6-15(16)21/h2-7,10,13H,8-9,11H2,1H3,(H,23,24)(H,25,26)/t20-/m1/s1. The van der Waals surface area contributed by atoms with Gasteiger partial charge in [-0.1, -0.05) is 12.1 Å². The molecule has 1 aliphatic rings. The predicted molar refractivity (Wildman–Crippen MR) is 99.1 cm³/mol. The molecule has 2 N–H and O–H groups in total. The summed E-state index contributed by atoms with van der Waals surface area (Å²) < 4.78 is 18.9. The highest BCUT2D eigenvalue weighted by Crippen LogP contribution is 2.39. The van der Waals surface area contributed by atoms with Crippen molar-refractivity contribution in [2.45, 2.75) is 25.3 Å². The number of nitrogens with one attached hydrogen (secondary N) is 2. The molecule has 8 heteroatoms. The molecule has 1 aromatic heterocycles. The number of para-hydroxylation sites is 1. The van der Waals surface area contributed by atoms with Crippen LogP contribution in [-0.4, -0.2) is 29.0 Å². The van der Waals surface area contributed by atoms with Crippen LogP contribution in [0.3, 0.4) is 0 Å². The van der Waals surface area contributed by atoms with Crippen LogP contribution in [0, 0.1) is 23.1 Å². The highest BCUT2D eigenvalue weighted by atomic mass is 19.1. The first-order valence-electron chi connectivity index (χ1n) is 8.79. The van der Waals surface area contributed by atoms with Gasteiger partial charge in [-0.2, -0.15) is 5.26 Å². The van der Waals surface area contributed by atoms with Crippen LogP contribution in [0.15, 0.2) is 42.6 Å². The van der Waals surface area contributed by atoms with Crippen molar-refractivity contribution >= 4 is 23.4 Å². The van der Waals surface area contributed by atoms with Crippen LogP contribution in [-0.2, 0) is 9.53 Å². The van der Waals surface area contributed by atoms with Gasteiger partial charge >= 0.3 is 5.97 Å². The first-order valence-corrected chi connectivity index (χ1v) is 8.79. The van der Waals surface area contributed by atoms with Gasteiger partial charge in [0.25, 0.3) is 5.91 Å². The Morgan fingerprint density at radius 1 is 1.32 bits per heavy atom. The number of rotatable bonds is 7. The fraction of sp³-hybridized carbons (Fsp3) is 0.300. The molecule has 3 rings (SSSR count). The number of nitriles is 1. The van der Waals surface area contributed by atoms with E-state index >= 15 is 0 Å². The summed E-state index contributed by atoms with van der Waals surface area (Å²) in [7, 11) is 0. The minimum Gasteiger partial charge on any atom is -0.452 e. The van der Waals surface area contributed by atoms with Gasteiger partial charge in [-0.25, -0.2) is 14.2 Å².